The van der Waals surface area contributed by atoms with E-state index in [9.17, 15) is 9.59 Å². The van der Waals surface area contributed by atoms with E-state index >= 15 is 0 Å². The van der Waals surface area contributed by atoms with E-state index in [-0.39, 0.29) is 28.9 Å². The minimum atomic E-state index is -0.381. The molecule has 8 heterocycles. The summed E-state index contributed by atoms with van der Waals surface area (Å²) in [6.45, 7) is 11.1. The third-order valence-electron chi connectivity index (χ3n) is 14.2. The van der Waals surface area contributed by atoms with Gasteiger partial charge in [0.05, 0.1) is 29.9 Å². The first-order valence-corrected chi connectivity index (χ1v) is 20.2. The highest BCUT2D eigenvalue weighted by molar-refractivity contribution is 5.85. The van der Waals surface area contributed by atoms with Gasteiger partial charge in [0.1, 0.15) is 5.75 Å². The summed E-state index contributed by atoms with van der Waals surface area (Å²) in [5.74, 6) is 3.62. The summed E-state index contributed by atoms with van der Waals surface area (Å²) >= 11 is 0. The number of benzene rings is 2. The molecule has 1 N–H and O–H groups in total. The van der Waals surface area contributed by atoms with Crippen molar-refractivity contribution < 1.29 is 4.74 Å². The van der Waals surface area contributed by atoms with Crippen LogP contribution in [-0.4, -0.2) is 65.1 Å². The van der Waals surface area contributed by atoms with Crippen molar-refractivity contribution in [3.63, 3.8) is 0 Å². The maximum atomic E-state index is 13.9. The third kappa shape index (κ3) is 5.97. The van der Waals surface area contributed by atoms with E-state index in [1.165, 1.54) is 36.8 Å². The number of pyridine rings is 2. The number of fused-ring (bicyclic) bond motifs is 8. The summed E-state index contributed by atoms with van der Waals surface area (Å²) in [4.78, 5) is 42.6. The largest absolute Gasteiger partial charge is 0.497 e. The average molecular weight is 712 g/mol. The summed E-state index contributed by atoms with van der Waals surface area (Å²) in [6, 6.07) is 17.1. The van der Waals surface area contributed by atoms with Crippen molar-refractivity contribution in [3.8, 4) is 5.75 Å². The molecule has 8 nitrogen and oxygen atoms in total. The van der Waals surface area contributed by atoms with Crippen molar-refractivity contribution in [2.24, 2.45) is 23.7 Å². The van der Waals surface area contributed by atoms with Gasteiger partial charge < -0.3 is 10.1 Å². The lowest BCUT2D eigenvalue weighted by atomic mass is 9.69. The molecule has 6 aliphatic rings. The van der Waals surface area contributed by atoms with Crippen LogP contribution in [0.25, 0.3) is 21.8 Å². The molecule has 53 heavy (non-hydrogen) atoms. The maximum absolute atomic E-state index is 13.9. The fraction of sp³-hybridized carbons (Fsp3) is 0.511. The minimum Gasteiger partial charge on any atom is -0.497 e. The summed E-state index contributed by atoms with van der Waals surface area (Å²) in [5.41, 5.74) is 5.90. The first-order chi connectivity index (χ1) is 25.8. The molecule has 276 valence electrons. The van der Waals surface area contributed by atoms with Crippen LogP contribution in [0.1, 0.15) is 86.6 Å². The summed E-state index contributed by atoms with van der Waals surface area (Å²) in [5, 5.41) is 6.03. The molecule has 10 unspecified atom stereocenters. The summed E-state index contributed by atoms with van der Waals surface area (Å²) in [6.07, 6.45) is 11.4. The van der Waals surface area contributed by atoms with Crippen molar-refractivity contribution in [1.29, 1.82) is 0 Å². The molecular weight excluding hydrogens is 659 g/mol. The number of nitrogens with zero attached hydrogens (tertiary/aromatic N) is 4. The van der Waals surface area contributed by atoms with Gasteiger partial charge in [0.2, 0.25) is 10.9 Å². The van der Waals surface area contributed by atoms with E-state index in [1.54, 1.807) is 7.11 Å². The highest BCUT2D eigenvalue weighted by Crippen LogP contribution is 2.47. The first-order valence-electron chi connectivity index (χ1n) is 20.2. The number of hydrogen-bond donors (Lipinski definition) is 1. The van der Waals surface area contributed by atoms with Gasteiger partial charge in [-0.15, -0.1) is 0 Å². The number of anilines is 1. The number of nitrogens with one attached hydrogen (secondary N) is 1. The molecule has 5 aromatic rings. The quantitative estimate of drug-likeness (QED) is 0.142. The Morgan fingerprint density at radius 1 is 0.792 bits per heavy atom. The van der Waals surface area contributed by atoms with Crippen molar-refractivity contribution in [3.05, 3.63) is 104 Å². The molecule has 3 aromatic carbocycles. The lowest BCUT2D eigenvalue weighted by Gasteiger charge is -2.53. The number of aryl methyl sites for hydroxylation is 1. The Morgan fingerprint density at radius 2 is 1.42 bits per heavy atom. The number of piperidine rings is 6. The number of methoxy groups -OCH3 is 1. The van der Waals surface area contributed by atoms with Crippen LogP contribution in [-0.2, 0) is 6.42 Å². The van der Waals surface area contributed by atoms with Crippen LogP contribution >= 0.6 is 0 Å². The molecule has 0 radical (unpaired) electrons. The lowest BCUT2D eigenvalue weighted by molar-refractivity contribution is -0.0114. The van der Waals surface area contributed by atoms with Crippen molar-refractivity contribution in [1.82, 2.24) is 19.8 Å². The van der Waals surface area contributed by atoms with Crippen LogP contribution < -0.4 is 20.9 Å². The Kier molecular flexibility index (Phi) is 9.10. The Labute approximate surface area is 312 Å². The van der Waals surface area contributed by atoms with E-state index in [0.29, 0.717) is 41.5 Å². The molecule has 6 aliphatic heterocycles. The molecule has 6 fully saturated rings. The first kappa shape index (κ1) is 34.6. The van der Waals surface area contributed by atoms with E-state index in [1.807, 2.05) is 24.5 Å². The van der Waals surface area contributed by atoms with Gasteiger partial charge >= 0.3 is 0 Å². The second-order valence-electron chi connectivity index (χ2n) is 16.7. The number of hydrogen-bond acceptors (Lipinski definition) is 8. The summed E-state index contributed by atoms with van der Waals surface area (Å²) in [7, 11) is 1.69. The smallest absolute Gasteiger partial charge is 0.249 e. The highest BCUT2D eigenvalue weighted by atomic mass is 16.5. The Morgan fingerprint density at radius 3 is 2.04 bits per heavy atom. The molecular formula is C45H53N5O3. The molecule has 4 bridgehead atoms. The standard InChI is InChI=1S/C45H53N5O3/c1-5-27-24-49-17-13-29(27)20-40(49)36(32-11-15-46-38-9-7-26(3)19-34(32)38)23-37-43(45(52)44(37)51)48-42(41-21-30-14-18-50(41)25-28(30)6-2)33-12-16-47-39-10-8-31(53-4)22-35(33)39/h7-12,15-16,19,22,27-30,36,40-42,48H,5-6,13-14,17-18,20-21,23-25H2,1-4H3. The number of ether oxygens (including phenoxy) is 1. The SMILES string of the molecule is CCC1CN2CCC1CC2C(Cc1c(NC(c2ccnc3ccc(OC)cc23)C2CC3CCN2CC3CC)c(=O)c1=O)c1ccnc2ccc(C)cc12. The van der Waals surface area contributed by atoms with Gasteiger partial charge in [-0.2, -0.15) is 0 Å². The number of aromatic nitrogens is 2. The lowest BCUT2D eigenvalue weighted by Crippen LogP contribution is -2.57. The highest BCUT2D eigenvalue weighted by Gasteiger charge is 2.46. The normalized spacial score (nSPS) is 29.1. The predicted molar refractivity (Wildman–Crippen MR) is 213 cm³/mol. The fourth-order valence-corrected chi connectivity index (χ4v) is 11.2. The average Bonchev–Trinajstić information content (AvgIpc) is 3.21. The zero-order chi connectivity index (χ0) is 36.4. The molecule has 11 rings (SSSR count). The molecule has 8 heteroatoms. The van der Waals surface area contributed by atoms with Crippen molar-refractivity contribution in [2.75, 3.05) is 38.6 Å². The van der Waals surface area contributed by atoms with Crippen LogP contribution in [0.4, 0.5) is 5.69 Å². The predicted octanol–water partition coefficient (Wildman–Crippen LogP) is 7.42. The van der Waals surface area contributed by atoms with Gasteiger partial charge in [-0.1, -0.05) is 38.3 Å². The van der Waals surface area contributed by atoms with Gasteiger partial charge in [-0.05, 0) is 129 Å². The van der Waals surface area contributed by atoms with Gasteiger partial charge in [-0.25, -0.2) is 0 Å². The second kappa shape index (κ2) is 13.9. The zero-order valence-electron chi connectivity index (χ0n) is 31.7. The van der Waals surface area contributed by atoms with E-state index < -0.39 is 0 Å². The molecule has 0 saturated carbocycles. The topological polar surface area (TPSA) is 87.7 Å². The fourth-order valence-electron chi connectivity index (χ4n) is 11.2. The van der Waals surface area contributed by atoms with Gasteiger partial charge in [0.15, 0.2) is 0 Å². The van der Waals surface area contributed by atoms with Crippen LogP contribution in [0, 0.1) is 30.6 Å². The monoisotopic (exact) mass is 711 g/mol. The molecule has 0 aliphatic carbocycles. The van der Waals surface area contributed by atoms with Gasteiger partial charge in [0.25, 0.3) is 0 Å². The van der Waals surface area contributed by atoms with Crippen molar-refractivity contribution >= 4 is 27.5 Å². The van der Waals surface area contributed by atoms with Crippen LogP contribution in [0.2, 0.25) is 0 Å². The van der Waals surface area contributed by atoms with Crippen LogP contribution in [0.3, 0.4) is 0 Å². The van der Waals surface area contributed by atoms with Crippen LogP contribution in [0.15, 0.2) is 70.5 Å². The zero-order valence-corrected chi connectivity index (χ0v) is 31.7. The maximum Gasteiger partial charge on any atom is 0.249 e. The Bertz CT molecular complexity index is 2230. The third-order valence-corrected chi connectivity index (χ3v) is 14.2. The Balaban J connectivity index is 1.13. The molecule has 6 saturated heterocycles. The number of rotatable bonds is 11. The van der Waals surface area contributed by atoms with Crippen molar-refractivity contribution in [2.45, 2.75) is 89.8 Å². The Hall–Kier alpha value is -4.14. The molecule has 0 spiro atoms. The molecule has 0 amide bonds. The molecule has 10 atom stereocenters. The van der Waals surface area contributed by atoms with E-state index in [2.05, 4.69) is 72.3 Å². The van der Waals surface area contributed by atoms with Crippen LogP contribution in [0.5, 0.6) is 5.75 Å². The summed E-state index contributed by atoms with van der Waals surface area (Å²) < 4.78 is 5.68. The van der Waals surface area contributed by atoms with Gasteiger partial charge in [-0.3, -0.25) is 29.4 Å². The minimum absolute atomic E-state index is 0.0657. The second-order valence-corrected chi connectivity index (χ2v) is 16.7. The van der Waals surface area contributed by atoms with Gasteiger partial charge in [0, 0.05) is 59.8 Å². The van der Waals surface area contributed by atoms with E-state index in [0.717, 1.165) is 78.1 Å². The molecule has 2 aromatic heterocycles. The van der Waals surface area contributed by atoms with E-state index in [4.69, 9.17) is 14.7 Å².